The van der Waals surface area contributed by atoms with E-state index in [9.17, 15) is 19.2 Å². The number of rotatable bonds is 15. The van der Waals surface area contributed by atoms with Crippen molar-refractivity contribution in [1.29, 1.82) is 0 Å². The highest BCUT2D eigenvalue weighted by Crippen LogP contribution is 2.24. The van der Waals surface area contributed by atoms with Crippen LogP contribution in [-0.4, -0.2) is 40.8 Å². The van der Waals surface area contributed by atoms with E-state index in [1.54, 1.807) is 60.7 Å². The second kappa shape index (κ2) is 16.9. The minimum atomic E-state index is -0.898. The first-order valence-corrected chi connectivity index (χ1v) is 15.7. The number of aromatic nitrogens is 1. The number of esters is 2. The number of oxazole rings is 1. The molecule has 1 heterocycles. The fourth-order valence-corrected chi connectivity index (χ4v) is 4.82. The number of hydrogen-bond donors (Lipinski definition) is 2. The quantitative estimate of drug-likeness (QED) is 0.149. The molecular weight excluding hydrogens is 598 g/mol. The highest BCUT2D eigenvalue weighted by Gasteiger charge is 2.28. The molecule has 0 saturated carbocycles. The molecule has 246 valence electrons. The van der Waals surface area contributed by atoms with Crippen LogP contribution in [-0.2, 0) is 32.3 Å². The Bertz CT molecular complexity index is 1520. The van der Waals surface area contributed by atoms with Crippen molar-refractivity contribution < 1.29 is 33.1 Å². The van der Waals surface area contributed by atoms with Crippen LogP contribution >= 0.6 is 0 Å². The molecule has 0 aliphatic carbocycles. The average molecular weight is 640 g/mol. The van der Waals surface area contributed by atoms with Crippen LogP contribution in [0.1, 0.15) is 72.7 Å². The average Bonchev–Trinajstić information content (AvgIpc) is 3.49. The highest BCUT2D eigenvalue weighted by atomic mass is 16.5. The van der Waals surface area contributed by atoms with Gasteiger partial charge in [0.05, 0.1) is 0 Å². The second-order valence-corrected chi connectivity index (χ2v) is 12.0. The molecule has 0 fully saturated rings. The lowest BCUT2D eigenvalue weighted by Crippen LogP contribution is -2.42. The van der Waals surface area contributed by atoms with E-state index in [2.05, 4.69) is 15.6 Å². The zero-order chi connectivity index (χ0) is 33.8. The van der Waals surface area contributed by atoms with Gasteiger partial charge in [-0.2, -0.15) is 0 Å². The van der Waals surface area contributed by atoms with E-state index < -0.39 is 24.0 Å². The van der Waals surface area contributed by atoms with E-state index in [4.69, 9.17) is 13.9 Å². The standard InChI is InChI=1S/C37H41N3O7/c1-24(2)20-29(38-33(41)26-14-8-5-9-15-26)36(43)45-22-31-32(47-35(40-31)28-18-12-7-13-19-28)23-46-37(44)30(21-25(3)4)39-34(42)27-16-10-6-11-17-27/h5-19,24-25,29-30H,20-23H2,1-4H3,(H,38,41)(H,39,42)/t29-,30+/m1/s1. The van der Waals surface area contributed by atoms with E-state index in [1.807, 2.05) is 58.0 Å². The number of ether oxygens (including phenoxy) is 2. The van der Waals surface area contributed by atoms with Crippen molar-refractivity contribution in [2.75, 3.05) is 0 Å². The number of nitrogens with zero attached hydrogens (tertiary/aromatic N) is 1. The van der Waals surface area contributed by atoms with Crippen molar-refractivity contribution >= 4 is 23.8 Å². The van der Waals surface area contributed by atoms with E-state index in [0.29, 0.717) is 29.5 Å². The summed E-state index contributed by atoms with van der Waals surface area (Å²) < 4.78 is 17.3. The molecule has 47 heavy (non-hydrogen) atoms. The van der Waals surface area contributed by atoms with Crippen LogP contribution in [0.5, 0.6) is 0 Å². The molecule has 4 aromatic rings. The van der Waals surface area contributed by atoms with E-state index >= 15 is 0 Å². The predicted molar refractivity (Wildman–Crippen MR) is 176 cm³/mol. The molecule has 3 aromatic carbocycles. The maximum Gasteiger partial charge on any atom is 0.329 e. The summed E-state index contributed by atoms with van der Waals surface area (Å²) in [7, 11) is 0. The number of amides is 2. The zero-order valence-corrected chi connectivity index (χ0v) is 27.1. The van der Waals surface area contributed by atoms with Crippen LogP contribution in [0.2, 0.25) is 0 Å². The molecule has 2 amide bonds. The van der Waals surface area contributed by atoms with Gasteiger partial charge in [-0.15, -0.1) is 0 Å². The third-order valence-electron chi connectivity index (χ3n) is 7.16. The zero-order valence-electron chi connectivity index (χ0n) is 27.1. The third kappa shape index (κ3) is 10.4. The van der Waals surface area contributed by atoms with Gasteiger partial charge in [0, 0.05) is 16.7 Å². The van der Waals surface area contributed by atoms with Gasteiger partial charge in [0.2, 0.25) is 5.89 Å². The van der Waals surface area contributed by atoms with E-state index in [0.717, 1.165) is 0 Å². The molecule has 0 unspecified atom stereocenters. The molecule has 10 nitrogen and oxygen atoms in total. The van der Waals surface area contributed by atoms with Crippen molar-refractivity contribution in [3.05, 3.63) is 114 Å². The van der Waals surface area contributed by atoms with Gasteiger partial charge < -0.3 is 24.5 Å². The van der Waals surface area contributed by atoms with Crippen molar-refractivity contribution in [1.82, 2.24) is 15.6 Å². The Morgan fingerprint density at radius 3 is 1.51 bits per heavy atom. The molecule has 0 bridgehead atoms. The number of hydrogen-bond acceptors (Lipinski definition) is 8. The van der Waals surface area contributed by atoms with Gasteiger partial charge in [0.1, 0.15) is 24.4 Å². The van der Waals surface area contributed by atoms with Crippen LogP contribution in [0.3, 0.4) is 0 Å². The Morgan fingerprint density at radius 2 is 1.06 bits per heavy atom. The van der Waals surface area contributed by atoms with Gasteiger partial charge in [-0.1, -0.05) is 82.3 Å². The Kier molecular flexibility index (Phi) is 12.4. The first kappa shape index (κ1) is 34.6. The van der Waals surface area contributed by atoms with Crippen LogP contribution in [0.4, 0.5) is 0 Å². The van der Waals surface area contributed by atoms with Gasteiger partial charge >= 0.3 is 11.9 Å². The van der Waals surface area contributed by atoms with Gasteiger partial charge in [-0.3, -0.25) is 9.59 Å². The molecule has 4 rings (SSSR count). The molecule has 0 aliphatic rings. The van der Waals surface area contributed by atoms with Crippen molar-refractivity contribution in [2.24, 2.45) is 11.8 Å². The Balaban J connectivity index is 1.49. The number of carbonyl (C=O) groups excluding carboxylic acids is 4. The molecule has 0 radical (unpaired) electrons. The summed E-state index contributed by atoms with van der Waals surface area (Å²) in [4.78, 5) is 56.7. The van der Waals surface area contributed by atoms with Crippen LogP contribution in [0.15, 0.2) is 95.4 Å². The minimum Gasteiger partial charge on any atom is -0.458 e. The molecule has 0 spiro atoms. The Morgan fingerprint density at radius 1 is 0.638 bits per heavy atom. The molecule has 1 aromatic heterocycles. The summed E-state index contributed by atoms with van der Waals surface area (Å²) in [5.41, 5.74) is 1.80. The van der Waals surface area contributed by atoms with E-state index in [1.165, 1.54) is 0 Å². The summed E-state index contributed by atoms with van der Waals surface area (Å²) in [6.07, 6.45) is 0.724. The van der Waals surface area contributed by atoms with Gasteiger partial charge in [-0.05, 0) is 61.1 Å². The minimum absolute atomic E-state index is 0.0923. The van der Waals surface area contributed by atoms with Gasteiger partial charge in [0.15, 0.2) is 12.4 Å². The molecule has 0 aliphatic heterocycles. The number of nitrogens with one attached hydrogen (secondary N) is 2. The lowest BCUT2D eigenvalue weighted by atomic mass is 10.0. The molecule has 10 heteroatoms. The Labute approximate surface area is 274 Å². The number of carbonyl (C=O) groups is 4. The lowest BCUT2D eigenvalue weighted by Gasteiger charge is -2.20. The first-order valence-electron chi connectivity index (χ1n) is 15.7. The van der Waals surface area contributed by atoms with Gasteiger partial charge in [0.25, 0.3) is 11.8 Å². The second-order valence-electron chi connectivity index (χ2n) is 12.0. The smallest absolute Gasteiger partial charge is 0.329 e. The fraction of sp³-hybridized carbons (Fsp3) is 0.324. The van der Waals surface area contributed by atoms with Crippen molar-refractivity contribution in [3.8, 4) is 11.5 Å². The summed E-state index contributed by atoms with van der Waals surface area (Å²) in [6.45, 7) is 7.19. The summed E-state index contributed by atoms with van der Waals surface area (Å²) in [5.74, 6) is -1.40. The van der Waals surface area contributed by atoms with Crippen LogP contribution in [0, 0.1) is 11.8 Å². The monoisotopic (exact) mass is 639 g/mol. The lowest BCUT2D eigenvalue weighted by molar-refractivity contribution is -0.149. The molecule has 2 N–H and O–H groups in total. The predicted octanol–water partition coefficient (Wildman–Crippen LogP) is 6.12. The highest BCUT2D eigenvalue weighted by molar-refractivity contribution is 5.97. The maximum absolute atomic E-state index is 13.3. The molecule has 0 saturated heterocycles. The fourth-order valence-electron chi connectivity index (χ4n) is 4.82. The Hall–Kier alpha value is -5.25. The largest absolute Gasteiger partial charge is 0.458 e. The summed E-state index contributed by atoms with van der Waals surface area (Å²) in [5, 5.41) is 5.56. The maximum atomic E-state index is 13.3. The van der Waals surface area contributed by atoms with Crippen molar-refractivity contribution in [2.45, 2.75) is 65.8 Å². The topological polar surface area (TPSA) is 137 Å². The van der Waals surface area contributed by atoms with E-state index in [-0.39, 0.29) is 54.2 Å². The summed E-state index contributed by atoms with van der Waals surface area (Å²) >= 11 is 0. The molecule has 2 atom stereocenters. The molecular formula is C37H41N3O7. The van der Waals surface area contributed by atoms with Crippen LogP contribution in [0.25, 0.3) is 11.5 Å². The third-order valence-corrected chi connectivity index (χ3v) is 7.16. The van der Waals surface area contributed by atoms with Gasteiger partial charge in [-0.25, -0.2) is 14.6 Å². The SMILES string of the molecule is CC(C)C[C@H](NC(=O)c1ccccc1)C(=O)OCc1oc(-c2ccccc2)nc1COC(=O)[C@@H](CC(C)C)NC(=O)c1ccccc1. The van der Waals surface area contributed by atoms with Crippen LogP contribution < -0.4 is 10.6 Å². The normalized spacial score (nSPS) is 12.3. The first-order chi connectivity index (χ1) is 22.6. The summed E-state index contributed by atoms with van der Waals surface area (Å²) in [6, 6.07) is 24.6. The van der Waals surface area contributed by atoms with Crippen molar-refractivity contribution in [3.63, 3.8) is 0 Å². The number of benzene rings is 3.